The Morgan fingerprint density at radius 3 is 2.81 bits per heavy atom. The molecule has 26 heavy (non-hydrogen) atoms. The summed E-state index contributed by atoms with van der Waals surface area (Å²) in [5, 5.41) is 13.0. The molecule has 0 unspecified atom stereocenters. The van der Waals surface area contributed by atoms with Crippen molar-refractivity contribution in [3.8, 4) is 5.69 Å². The van der Waals surface area contributed by atoms with E-state index >= 15 is 0 Å². The number of amides is 1. The van der Waals surface area contributed by atoms with Gasteiger partial charge in [-0.3, -0.25) is 9.59 Å². The Bertz CT molecular complexity index is 864. The van der Waals surface area contributed by atoms with Gasteiger partial charge in [0.1, 0.15) is 5.69 Å². The first-order chi connectivity index (χ1) is 12.4. The number of carbonyl (C=O) groups excluding carboxylic acids is 1. The maximum Gasteiger partial charge on any atom is 0.303 e. The predicted octanol–water partition coefficient (Wildman–Crippen LogP) is 2.58. The van der Waals surface area contributed by atoms with Gasteiger partial charge in [-0.25, -0.2) is 13.5 Å². The number of carbonyl (C=O) groups is 2. The first kappa shape index (κ1) is 18.0. The molecule has 1 amide bonds. The largest absolute Gasteiger partial charge is 0.481 e. The Balaban J connectivity index is 1.91. The Labute approximate surface area is 149 Å². The minimum atomic E-state index is -1.00. The van der Waals surface area contributed by atoms with Gasteiger partial charge in [-0.2, -0.15) is 5.10 Å². The Hall–Kier alpha value is -2.77. The second kappa shape index (κ2) is 7.23. The summed E-state index contributed by atoms with van der Waals surface area (Å²) in [5.41, 5.74) is 1.68. The topological polar surface area (TPSA) is 75.4 Å². The van der Waals surface area contributed by atoms with Crippen LogP contribution in [0.5, 0.6) is 0 Å². The molecule has 0 radical (unpaired) electrons. The summed E-state index contributed by atoms with van der Waals surface area (Å²) in [4.78, 5) is 24.7. The molecule has 1 heterocycles. The maximum atomic E-state index is 14.2. The van der Waals surface area contributed by atoms with E-state index in [0.29, 0.717) is 19.3 Å². The smallest absolute Gasteiger partial charge is 0.303 e. The van der Waals surface area contributed by atoms with Gasteiger partial charge in [0.25, 0.3) is 5.91 Å². The van der Waals surface area contributed by atoms with Crippen LogP contribution in [0.25, 0.3) is 5.69 Å². The van der Waals surface area contributed by atoms with E-state index in [9.17, 15) is 18.4 Å². The molecule has 0 atom stereocenters. The third kappa shape index (κ3) is 3.31. The van der Waals surface area contributed by atoms with Gasteiger partial charge in [0, 0.05) is 31.3 Å². The van der Waals surface area contributed by atoms with Crippen molar-refractivity contribution in [2.24, 2.45) is 0 Å². The molecule has 1 aliphatic rings. The number of aliphatic carboxylic acids is 1. The highest BCUT2D eigenvalue weighted by Crippen LogP contribution is 2.29. The second-order valence-corrected chi connectivity index (χ2v) is 6.34. The minimum absolute atomic E-state index is 0.0178. The zero-order valence-corrected chi connectivity index (χ0v) is 14.3. The number of hydrogen-bond acceptors (Lipinski definition) is 3. The third-order valence-electron chi connectivity index (χ3n) is 4.52. The fraction of sp³-hybridized carbons (Fsp3) is 0.389. The van der Waals surface area contributed by atoms with Crippen LogP contribution in [0, 0.1) is 11.6 Å². The molecule has 1 aromatic heterocycles. The normalized spacial score (nSPS) is 12.9. The van der Waals surface area contributed by atoms with Crippen molar-refractivity contribution < 1.29 is 23.5 Å². The van der Waals surface area contributed by atoms with Crippen LogP contribution in [-0.2, 0) is 17.6 Å². The number of carboxylic acids is 1. The summed E-state index contributed by atoms with van der Waals surface area (Å²) in [6, 6.07) is 3.86. The number of aromatic nitrogens is 2. The monoisotopic (exact) mass is 363 g/mol. The van der Waals surface area contributed by atoms with Crippen molar-refractivity contribution >= 4 is 11.9 Å². The molecule has 0 fully saturated rings. The van der Waals surface area contributed by atoms with E-state index < -0.39 is 17.6 Å². The molecule has 2 aromatic rings. The van der Waals surface area contributed by atoms with E-state index in [1.54, 1.807) is 7.05 Å². The third-order valence-corrected chi connectivity index (χ3v) is 4.52. The fourth-order valence-electron chi connectivity index (χ4n) is 3.21. The van der Waals surface area contributed by atoms with E-state index in [0.717, 1.165) is 23.7 Å². The predicted molar refractivity (Wildman–Crippen MR) is 89.3 cm³/mol. The van der Waals surface area contributed by atoms with Crippen molar-refractivity contribution in [3.63, 3.8) is 0 Å². The lowest BCUT2D eigenvalue weighted by molar-refractivity contribution is -0.137. The second-order valence-electron chi connectivity index (χ2n) is 6.34. The number of nitrogens with zero attached hydrogens (tertiary/aromatic N) is 3. The van der Waals surface area contributed by atoms with E-state index in [4.69, 9.17) is 5.11 Å². The Kier molecular flexibility index (Phi) is 5.01. The molecular formula is C18H19F2N3O3. The zero-order chi connectivity index (χ0) is 18.8. The Morgan fingerprint density at radius 1 is 1.31 bits per heavy atom. The number of halogens is 2. The van der Waals surface area contributed by atoms with Gasteiger partial charge in [0.05, 0.1) is 0 Å². The highest BCUT2D eigenvalue weighted by molar-refractivity contribution is 5.94. The summed E-state index contributed by atoms with van der Waals surface area (Å²) in [6.07, 6.45) is 2.40. The highest BCUT2D eigenvalue weighted by atomic mass is 19.2. The van der Waals surface area contributed by atoms with Crippen molar-refractivity contribution in [2.45, 2.75) is 32.1 Å². The standard InChI is InChI=1S/C18H19F2N3O3/c1-22(10-4-9-15(24)25)18(26)17-11-5-2-7-13(11)23(21-17)14-8-3-6-12(19)16(14)20/h3,6,8H,2,4-5,7,9-10H2,1H3,(H,24,25). The zero-order valence-electron chi connectivity index (χ0n) is 14.3. The molecule has 3 rings (SSSR count). The van der Waals surface area contributed by atoms with Gasteiger partial charge in [-0.1, -0.05) is 6.07 Å². The summed E-state index contributed by atoms with van der Waals surface area (Å²) >= 11 is 0. The molecule has 0 aliphatic heterocycles. The fourth-order valence-corrected chi connectivity index (χ4v) is 3.21. The minimum Gasteiger partial charge on any atom is -0.481 e. The number of carboxylic acid groups (broad SMARTS) is 1. The molecule has 0 saturated heterocycles. The quantitative estimate of drug-likeness (QED) is 0.856. The van der Waals surface area contributed by atoms with Gasteiger partial charge in [0.2, 0.25) is 0 Å². The number of rotatable bonds is 6. The van der Waals surface area contributed by atoms with E-state index in [1.165, 1.54) is 21.7 Å². The van der Waals surface area contributed by atoms with E-state index in [2.05, 4.69) is 5.10 Å². The number of benzene rings is 1. The lowest BCUT2D eigenvalue weighted by atomic mass is 10.2. The van der Waals surface area contributed by atoms with Crippen LogP contribution in [0.3, 0.4) is 0 Å². The van der Waals surface area contributed by atoms with Gasteiger partial charge in [-0.15, -0.1) is 0 Å². The first-order valence-corrected chi connectivity index (χ1v) is 8.42. The molecule has 1 N–H and O–H groups in total. The average molecular weight is 363 g/mol. The lowest BCUT2D eigenvalue weighted by Gasteiger charge is -2.15. The SMILES string of the molecule is CN(CCCC(=O)O)C(=O)c1nn(-c2cccc(F)c2F)c2c1CCC2. The Morgan fingerprint density at radius 2 is 2.08 bits per heavy atom. The van der Waals surface area contributed by atoms with Crippen molar-refractivity contribution in [3.05, 3.63) is 46.8 Å². The molecular weight excluding hydrogens is 344 g/mol. The highest BCUT2D eigenvalue weighted by Gasteiger charge is 2.29. The van der Waals surface area contributed by atoms with E-state index in [1.807, 2.05) is 0 Å². The van der Waals surface area contributed by atoms with Crippen LogP contribution in [0.2, 0.25) is 0 Å². The molecule has 1 aromatic carbocycles. The first-order valence-electron chi connectivity index (χ1n) is 8.42. The van der Waals surface area contributed by atoms with E-state index in [-0.39, 0.29) is 30.3 Å². The van der Waals surface area contributed by atoms with Crippen molar-refractivity contribution in [2.75, 3.05) is 13.6 Å². The molecule has 8 heteroatoms. The number of fused-ring (bicyclic) bond motifs is 1. The van der Waals surface area contributed by atoms with Gasteiger partial charge in [0.15, 0.2) is 17.3 Å². The van der Waals surface area contributed by atoms with Gasteiger partial charge >= 0.3 is 5.97 Å². The van der Waals surface area contributed by atoms with Gasteiger partial charge in [-0.05, 0) is 37.8 Å². The van der Waals surface area contributed by atoms with Crippen LogP contribution in [0.1, 0.15) is 41.0 Å². The van der Waals surface area contributed by atoms with Crippen molar-refractivity contribution in [1.82, 2.24) is 14.7 Å². The molecule has 0 bridgehead atoms. The van der Waals surface area contributed by atoms with Crippen LogP contribution in [0.15, 0.2) is 18.2 Å². The summed E-state index contributed by atoms with van der Waals surface area (Å²) in [6.45, 7) is 0.279. The number of hydrogen-bond donors (Lipinski definition) is 1. The molecule has 0 saturated carbocycles. The van der Waals surface area contributed by atoms with Crippen LogP contribution in [-0.4, -0.2) is 45.3 Å². The van der Waals surface area contributed by atoms with Crippen LogP contribution < -0.4 is 0 Å². The molecule has 138 valence electrons. The molecule has 6 nitrogen and oxygen atoms in total. The average Bonchev–Trinajstić information content (AvgIpc) is 3.19. The molecule has 1 aliphatic carbocycles. The molecule has 0 spiro atoms. The van der Waals surface area contributed by atoms with Gasteiger partial charge < -0.3 is 10.0 Å². The lowest BCUT2D eigenvalue weighted by Crippen LogP contribution is -2.29. The van der Waals surface area contributed by atoms with Crippen LogP contribution in [0.4, 0.5) is 8.78 Å². The summed E-state index contributed by atoms with van der Waals surface area (Å²) in [7, 11) is 1.58. The summed E-state index contributed by atoms with van der Waals surface area (Å²) in [5.74, 6) is -3.23. The van der Waals surface area contributed by atoms with Crippen molar-refractivity contribution in [1.29, 1.82) is 0 Å². The van der Waals surface area contributed by atoms with Crippen LogP contribution >= 0.6 is 0 Å². The maximum absolute atomic E-state index is 14.2. The summed E-state index contributed by atoms with van der Waals surface area (Å²) < 4.78 is 29.1.